The van der Waals surface area contributed by atoms with E-state index in [1.54, 1.807) is 12.5 Å². The van der Waals surface area contributed by atoms with Crippen LogP contribution in [0.15, 0.2) is 12.5 Å². The summed E-state index contributed by atoms with van der Waals surface area (Å²) < 4.78 is 0. The van der Waals surface area contributed by atoms with Crippen LogP contribution in [-0.4, -0.2) is 26.5 Å². The molecular weight excluding hydrogens is 336 g/mol. The van der Waals surface area contributed by atoms with Crippen LogP contribution in [0.4, 0.5) is 0 Å². The van der Waals surface area contributed by atoms with Gasteiger partial charge in [-0.25, -0.2) is 4.98 Å². The van der Waals surface area contributed by atoms with Gasteiger partial charge in [0.1, 0.15) is 5.69 Å². The molecule has 1 aromatic rings. The minimum absolute atomic E-state index is 0.161. The molecule has 0 bridgehead atoms. The van der Waals surface area contributed by atoms with Crippen LogP contribution >= 0.6 is 0 Å². The standard InChI is InChI=1S/C23H34N2O2/c1-22(27)9-7-15-14(11-22)3-4-17-16(15)8-10-23(2)18(17)5-6-19(23)21(26)20-12-24-13-25-20/h12-19,27H,3-11H2,1-2H3,(H,24,25)/t14-,15+,16-,17-,18+,19-,22-,23+/m1/s1. The van der Waals surface area contributed by atoms with Crippen molar-refractivity contribution >= 4 is 5.78 Å². The Kier molecular flexibility index (Phi) is 4.09. The second-order valence-corrected chi connectivity index (χ2v) is 10.7. The maximum absolute atomic E-state index is 13.1. The molecule has 0 unspecified atom stereocenters. The highest BCUT2D eigenvalue weighted by atomic mass is 16.3. The van der Waals surface area contributed by atoms with Gasteiger partial charge in [-0.15, -0.1) is 0 Å². The largest absolute Gasteiger partial charge is 0.390 e. The average molecular weight is 371 g/mol. The molecule has 4 aliphatic rings. The number of hydrogen-bond acceptors (Lipinski definition) is 3. The minimum Gasteiger partial charge on any atom is -0.390 e. The van der Waals surface area contributed by atoms with Gasteiger partial charge in [0.05, 0.1) is 18.1 Å². The lowest BCUT2D eigenvalue weighted by Crippen LogP contribution is -2.51. The molecule has 148 valence electrons. The lowest BCUT2D eigenvalue weighted by atomic mass is 9.49. The number of Topliss-reactive ketones (excluding diaryl/α,β-unsaturated/α-hetero) is 1. The molecule has 8 atom stereocenters. The fourth-order valence-electron chi connectivity index (χ4n) is 8.09. The SMILES string of the molecule is C[C@@]1(O)CC[C@H]2[C@H](CC[C@@H]3[C@@H]2CC[C@]2(C)[C@@H](C(=O)c4cnc[nH]4)CC[C@@H]32)C1. The molecule has 5 rings (SSSR count). The van der Waals surface area contributed by atoms with E-state index in [-0.39, 0.29) is 11.3 Å². The number of aliphatic hydroxyl groups is 1. The van der Waals surface area contributed by atoms with Crippen LogP contribution in [0.25, 0.3) is 0 Å². The number of carbonyl (C=O) groups is 1. The van der Waals surface area contributed by atoms with Crippen molar-refractivity contribution in [3.05, 3.63) is 18.2 Å². The molecule has 1 heterocycles. The number of nitrogens with zero attached hydrogens (tertiary/aromatic N) is 1. The molecule has 1 aromatic heterocycles. The molecule has 4 nitrogen and oxygen atoms in total. The Bertz CT molecular complexity index is 712. The van der Waals surface area contributed by atoms with Crippen LogP contribution in [0.3, 0.4) is 0 Å². The van der Waals surface area contributed by atoms with Crippen molar-refractivity contribution in [1.82, 2.24) is 9.97 Å². The van der Waals surface area contributed by atoms with E-state index in [9.17, 15) is 9.90 Å². The minimum atomic E-state index is -0.438. The molecule has 0 aliphatic heterocycles. The Labute approximate surface area is 162 Å². The molecule has 4 heteroatoms. The molecule has 0 radical (unpaired) electrons. The third kappa shape index (κ3) is 2.73. The van der Waals surface area contributed by atoms with Gasteiger partial charge in [0.25, 0.3) is 0 Å². The Morgan fingerprint density at radius 3 is 2.67 bits per heavy atom. The number of imidazole rings is 1. The highest BCUT2D eigenvalue weighted by Crippen LogP contribution is 2.64. The fourth-order valence-corrected chi connectivity index (χ4v) is 8.09. The highest BCUT2D eigenvalue weighted by Gasteiger charge is 2.58. The van der Waals surface area contributed by atoms with Crippen molar-refractivity contribution in [2.24, 2.45) is 40.9 Å². The van der Waals surface area contributed by atoms with Crippen molar-refractivity contribution in [3.8, 4) is 0 Å². The third-order valence-corrected chi connectivity index (χ3v) is 9.32. The van der Waals surface area contributed by atoms with E-state index < -0.39 is 5.60 Å². The summed E-state index contributed by atoms with van der Waals surface area (Å²) >= 11 is 0. The summed E-state index contributed by atoms with van der Waals surface area (Å²) in [5, 5.41) is 10.5. The second-order valence-electron chi connectivity index (χ2n) is 10.7. The molecule has 0 amide bonds. The van der Waals surface area contributed by atoms with Crippen molar-refractivity contribution in [2.75, 3.05) is 0 Å². The van der Waals surface area contributed by atoms with Gasteiger partial charge in [0.15, 0.2) is 5.78 Å². The normalized spacial score (nSPS) is 49.1. The van der Waals surface area contributed by atoms with E-state index in [0.29, 0.717) is 17.4 Å². The summed E-state index contributed by atoms with van der Waals surface area (Å²) in [4.78, 5) is 20.2. The van der Waals surface area contributed by atoms with Gasteiger partial charge in [-0.05, 0) is 99.7 Å². The summed E-state index contributed by atoms with van der Waals surface area (Å²) in [6.45, 7) is 4.45. The maximum Gasteiger partial charge on any atom is 0.184 e. The highest BCUT2D eigenvalue weighted by molar-refractivity contribution is 5.96. The zero-order valence-electron chi connectivity index (χ0n) is 16.8. The number of fused-ring (bicyclic) bond motifs is 5. The first-order valence-corrected chi connectivity index (χ1v) is 11.1. The van der Waals surface area contributed by atoms with E-state index in [1.165, 1.54) is 38.5 Å². The monoisotopic (exact) mass is 370 g/mol. The Hall–Kier alpha value is -1.16. The Morgan fingerprint density at radius 1 is 1.07 bits per heavy atom. The molecule has 0 spiro atoms. The van der Waals surface area contributed by atoms with Crippen LogP contribution in [0.1, 0.15) is 82.1 Å². The van der Waals surface area contributed by atoms with Crippen molar-refractivity contribution in [1.29, 1.82) is 0 Å². The number of hydrogen-bond donors (Lipinski definition) is 2. The van der Waals surface area contributed by atoms with Crippen LogP contribution < -0.4 is 0 Å². The molecular formula is C23H34N2O2. The lowest BCUT2D eigenvalue weighted by Gasteiger charge is -2.56. The molecule has 2 N–H and O–H groups in total. The van der Waals surface area contributed by atoms with Crippen molar-refractivity contribution in [2.45, 2.75) is 77.2 Å². The first kappa shape index (κ1) is 17.9. The average Bonchev–Trinajstić information content (AvgIpc) is 3.27. The quantitative estimate of drug-likeness (QED) is 0.747. The summed E-state index contributed by atoms with van der Waals surface area (Å²) in [5.41, 5.74) is 0.421. The number of rotatable bonds is 2. The van der Waals surface area contributed by atoms with Gasteiger partial charge in [-0.3, -0.25) is 4.79 Å². The Morgan fingerprint density at radius 2 is 1.89 bits per heavy atom. The molecule has 4 fully saturated rings. The van der Waals surface area contributed by atoms with Crippen LogP contribution in [0, 0.1) is 40.9 Å². The molecule has 4 aliphatic carbocycles. The molecule has 0 saturated heterocycles. The topological polar surface area (TPSA) is 66.0 Å². The van der Waals surface area contributed by atoms with E-state index in [2.05, 4.69) is 16.9 Å². The van der Waals surface area contributed by atoms with Crippen LogP contribution in [-0.2, 0) is 0 Å². The van der Waals surface area contributed by atoms with Gasteiger partial charge in [0.2, 0.25) is 0 Å². The van der Waals surface area contributed by atoms with E-state index in [0.717, 1.165) is 42.9 Å². The van der Waals surface area contributed by atoms with E-state index in [1.807, 2.05) is 6.92 Å². The van der Waals surface area contributed by atoms with Gasteiger partial charge in [-0.1, -0.05) is 6.92 Å². The zero-order valence-corrected chi connectivity index (χ0v) is 16.8. The number of nitrogens with one attached hydrogen (secondary N) is 1. The van der Waals surface area contributed by atoms with Crippen LogP contribution in [0.5, 0.6) is 0 Å². The molecule has 27 heavy (non-hydrogen) atoms. The number of carbonyl (C=O) groups excluding carboxylic acids is 1. The molecule has 4 saturated carbocycles. The summed E-state index contributed by atoms with van der Waals surface area (Å²) in [5.74, 6) is 4.33. The summed E-state index contributed by atoms with van der Waals surface area (Å²) in [6, 6.07) is 0. The number of aromatic nitrogens is 2. The zero-order chi connectivity index (χ0) is 18.8. The second kappa shape index (κ2) is 6.17. The predicted molar refractivity (Wildman–Crippen MR) is 104 cm³/mol. The molecule has 0 aromatic carbocycles. The first-order chi connectivity index (χ1) is 12.9. The van der Waals surface area contributed by atoms with Crippen molar-refractivity contribution < 1.29 is 9.90 Å². The maximum atomic E-state index is 13.1. The number of H-pyrrole nitrogens is 1. The summed E-state index contributed by atoms with van der Waals surface area (Å²) in [7, 11) is 0. The fraction of sp³-hybridized carbons (Fsp3) is 0.826. The lowest BCUT2D eigenvalue weighted by molar-refractivity contribution is -0.0976. The van der Waals surface area contributed by atoms with Gasteiger partial charge in [0, 0.05) is 5.92 Å². The van der Waals surface area contributed by atoms with Crippen molar-refractivity contribution in [3.63, 3.8) is 0 Å². The first-order valence-electron chi connectivity index (χ1n) is 11.1. The van der Waals surface area contributed by atoms with E-state index >= 15 is 0 Å². The third-order valence-electron chi connectivity index (χ3n) is 9.32. The predicted octanol–water partition coefficient (Wildman–Crippen LogP) is 4.61. The number of aromatic amines is 1. The number of ketones is 1. The van der Waals surface area contributed by atoms with Gasteiger partial charge in [-0.2, -0.15) is 0 Å². The van der Waals surface area contributed by atoms with E-state index in [4.69, 9.17) is 0 Å². The van der Waals surface area contributed by atoms with Gasteiger partial charge >= 0.3 is 0 Å². The van der Waals surface area contributed by atoms with Crippen LogP contribution in [0.2, 0.25) is 0 Å². The van der Waals surface area contributed by atoms with Gasteiger partial charge < -0.3 is 10.1 Å². The smallest absolute Gasteiger partial charge is 0.184 e. The Balaban J connectivity index is 1.37. The summed E-state index contributed by atoms with van der Waals surface area (Å²) in [6.07, 6.45) is 13.9.